The van der Waals surface area contributed by atoms with Gasteiger partial charge in [0.2, 0.25) is 0 Å². The van der Waals surface area contributed by atoms with E-state index in [4.69, 9.17) is 5.73 Å². The Bertz CT molecular complexity index is 485. The summed E-state index contributed by atoms with van der Waals surface area (Å²) in [6.45, 7) is 0. The van der Waals surface area contributed by atoms with Gasteiger partial charge < -0.3 is 5.73 Å². The number of nitrogen functional groups attached to an aromatic ring is 1. The fourth-order valence-electron chi connectivity index (χ4n) is 1.56. The van der Waals surface area contributed by atoms with Crippen molar-refractivity contribution in [3.63, 3.8) is 0 Å². The van der Waals surface area contributed by atoms with Crippen LogP contribution in [0.5, 0.6) is 0 Å². The van der Waals surface area contributed by atoms with Gasteiger partial charge in [-0.1, -0.05) is 30.3 Å². The Hall–Kier alpha value is -1.48. The SMILES string of the molecule is Nc1ccc(SCCc2ccccc2)c(F)c1. The average Bonchev–Trinajstić information content (AvgIpc) is 2.33. The van der Waals surface area contributed by atoms with Crippen LogP contribution in [0, 0.1) is 5.82 Å². The summed E-state index contributed by atoms with van der Waals surface area (Å²) in [6.07, 6.45) is 0.940. The van der Waals surface area contributed by atoms with Crippen molar-refractivity contribution in [2.75, 3.05) is 11.5 Å². The maximum Gasteiger partial charge on any atom is 0.138 e. The second kappa shape index (κ2) is 5.73. The summed E-state index contributed by atoms with van der Waals surface area (Å²) in [6, 6.07) is 15.0. The number of benzene rings is 2. The molecule has 0 heterocycles. The molecular weight excluding hydrogens is 233 g/mol. The molecule has 0 radical (unpaired) electrons. The van der Waals surface area contributed by atoms with Gasteiger partial charge in [0.15, 0.2) is 0 Å². The number of halogens is 1. The van der Waals surface area contributed by atoms with Crippen molar-refractivity contribution in [3.05, 3.63) is 59.9 Å². The molecule has 0 aliphatic rings. The van der Waals surface area contributed by atoms with Gasteiger partial charge >= 0.3 is 0 Å². The molecular formula is C14H14FNS. The van der Waals surface area contributed by atoms with Crippen molar-refractivity contribution in [1.29, 1.82) is 0 Å². The smallest absolute Gasteiger partial charge is 0.138 e. The predicted octanol–water partition coefficient (Wildman–Crippen LogP) is 3.74. The van der Waals surface area contributed by atoms with Crippen LogP contribution in [0.3, 0.4) is 0 Å². The second-order valence-electron chi connectivity index (χ2n) is 3.77. The van der Waals surface area contributed by atoms with Crippen LogP contribution in [0.2, 0.25) is 0 Å². The van der Waals surface area contributed by atoms with E-state index in [0.717, 1.165) is 12.2 Å². The van der Waals surface area contributed by atoms with E-state index in [0.29, 0.717) is 10.6 Å². The Morgan fingerprint density at radius 1 is 1.06 bits per heavy atom. The summed E-state index contributed by atoms with van der Waals surface area (Å²) in [5.74, 6) is 0.633. The lowest BCUT2D eigenvalue weighted by atomic mass is 10.2. The molecule has 88 valence electrons. The largest absolute Gasteiger partial charge is 0.399 e. The van der Waals surface area contributed by atoms with E-state index < -0.39 is 0 Å². The highest BCUT2D eigenvalue weighted by molar-refractivity contribution is 7.99. The highest BCUT2D eigenvalue weighted by Gasteiger charge is 2.03. The van der Waals surface area contributed by atoms with Gasteiger partial charge in [0.25, 0.3) is 0 Å². The van der Waals surface area contributed by atoms with Gasteiger partial charge in [-0.25, -0.2) is 4.39 Å². The lowest BCUT2D eigenvalue weighted by molar-refractivity contribution is 0.603. The quantitative estimate of drug-likeness (QED) is 0.658. The van der Waals surface area contributed by atoms with Crippen LogP contribution in [-0.2, 0) is 6.42 Å². The number of hydrogen-bond donors (Lipinski definition) is 1. The molecule has 2 rings (SSSR count). The third-order valence-corrected chi connectivity index (χ3v) is 3.50. The standard InChI is InChI=1S/C14H14FNS/c15-13-10-12(16)6-7-14(13)17-9-8-11-4-2-1-3-5-11/h1-7,10H,8-9,16H2. The minimum atomic E-state index is -0.233. The first kappa shape index (κ1) is 12.0. The number of rotatable bonds is 4. The molecule has 0 saturated carbocycles. The topological polar surface area (TPSA) is 26.0 Å². The van der Waals surface area contributed by atoms with E-state index in [1.807, 2.05) is 18.2 Å². The fraction of sp³-hybridized carbons (Fsp3) is 0.143. The van der Waals surface area contributed by atoms with Crippen LogP contribution in [0.15, 0.2) is 53.4 Å². The molecule has 0 unspecified atom stereocenters. The molecule has 2 aromatic rings. The Kier molecular flexibility index (Phi) is 4.04. The van der Waals surface area contributed by atoms with Crippen LogP contribution >= 0.6 is 11.8 Å². The summed E-state index contributed by atoms with van der Waals surface area (Å²) < 4.78 is 13.5. The van der Waals surface area contributed by atoms with E-state index in [9.17, 15) is 4.39 Å². The average molecular weight is 247 g/mol. The molecule has 17 heavy (non-hydrogen) atoms. The maximum atomic E-state index is 13.5. The third kappa shape index (κ3) is 3.49. The van der Waals surface area contributed by atoms with Crippen molar-refractivity contribution in [2.24, 2.45) is 0 Å². The lowest BCUT2D eigenvalue weighted by Gasteiger charge is -2.04. The monoisotopic (exact) mass is 247 g/mol. The Morgan fingerprint density at radius 2 is 1.82 bits per heavy atom. The van der Waals surface area contributed by atoms with Crippen molar-refractivity contribution in [1.82, 2.24) is 0 Å². The summed E-state index contributed by atoms with van der Waals surface area (Å²) in [4.78, 5) is 0.662. The number of nitrogens with two attached hydrogens (primary N) is 1. The van der Waals surface area contributed by atoms with Crippen LogP contribution in [-0.4, -0.2) is 5.75 Å². The maximum absolute atomic E-state index is 13.5. The molecule has 0 aliphatic carbocycles. The number of hydrogen-bond acceptors (Lipinski definition) is 2. The van der Waals surface area contributed by atoms with Gasteiger partial charge in [-0.3, -0.25) is 0 Å². The van der Waals surface area contributed by atoms with Gasteiger partial charge in [0.1, 0.15) is 5.82 Å². The Labute approximate surface area is 105 Å². The zero-order chi connectivity index (χ0) is 12.1. The van der Waals surface area contributed by atoms with Crippen LogP contribution in [0.1, 0.15) is 5.56 Å². The first-order valence-electron chi connectivity index (χ1n) is 5.47. The van der Waals surface area contributed by atoms with Gasteiger partial charge in [-0.15, -0.1) is 11.8 Å². The third-order valence-electron chi connectivity index (χ3n) is 2.45. The van der Waals surface area contributed by atoms with Gasteiger partial charge in [0, 0.05) is 16.3 Å². The number of aryl methyl sites for hydroxylation is 1. The summed E-state index contributed by atoms with van der Waals surface area (Å²) in [5, 5.41) is 0. The van der Waals surface area contributed by atoms with Crippen LogP contribution < -0.4 is 5.73 Å². The van der Waals surface area contributed by atoms with E-state index >= 15 is 0 Å². The fourth-order valence-corrected chi connectivity index (χ4v) is 2.48. The zero-order valence-electron chi connectivity index (χ0n) is 9.40. The van der Waals surface area contributed by atoms with E-state index in [1.165, 1.54) is 23.4 Å². The highest BCUT2D eigenvalue weighted by Crippen LogP contribution is 2.24. The van der Waals surface area contributed by atoms with Crippen molar-refractivity contribution < 1.29 is 4.39 Å². The summed E-state index contributed by atoms with van der Waals surface area (Å²) in [5.41, 5.74) is 7.24. The Morgan fingerprint density at radius 3 is 2.53 bits per heavy atom. The summed E-state index contributed by atoms with van der Waals surface area (Å²) in [7, 11) is 0. The zero-order valence-corrected chi connectivity index (χ0v) is 10.2. The second-order valence-corrected chi connectivity index (χ2v) is 4.91. The molecule has 0 atom stereocenters. The van der Waals surface area contributed by atoms with E-state index in [-0.39, 0.29) is 5.82 Å². The molecule has 2 aromatic carbocycles. The first-order chi connectivity index (χ1) is 8.25. The van der Waals surface area contributed by atoms with Crippen LogP contribution in [0.25, 0.3) is 0 Å². The normalized spacial score (nSPS) is 10.4. The molecule has 0 spiro atoms. The molecule has 0 aromatic heterocycles. The van der Waals surface area contributed by atoms with Gasteiger partial charge in [-0.05, 0) is 30.2 Å². The molecule has 1 nitrogen and oxygen atoms in total. The van der Waals surface area contributed by atoms with Gasteiger partial charge in [-0.2, -0.15) is 0 Å². The summed E-state index contributed by atoms with van der Waals surface area (Å²) >= 11 is 1.52. The van der Waals surface area contributed by atoms with Crippen molar-refractivity contribution in [2.45, 2.75) is 11.3 Å². The molecule has 0 amide bonds. The molecule has 3 heteroatoms. The van der Waals surface area contributed by atoms with E-state index in [1.54, 1.807) is 12.1 Å². The molecule has 0 fully saturated rings. The molecule has 2 N–H and O–H groups in total. The van der Waals surface area contributed by atoms with E-state index in [2.05, 4.69) is 12.1 Å². The predicted molar refractivity (Wildman–Crippen MR) is 71.7 cm³/mol. The minimum Gasteiger partial charge on any atom is -0.399 e. The van der Waals surface area contributed by atoms with Gasteiger partial charge in [0.05, 0.1) is 0 Å². The van der Waals surface area contributed by atoms with Crippen molar-refractivity contribution >= 4 is 17.4 Å². The highest BCUT2D eigenvalue weighted by atomic mass is 32.2. The minimum absolute atomic E-state index is 0.233. The molecule has 0 saturated heterocycles. The number of anilines is 1. The van der Waals surface area contributed by atoms with Crippen molar-refractivity contribution in [3.8, 4) is 0 Å². The Balaban J connectivity index is 1.90. The number of thioether (sulfide) groups is 1. The lowest BCUT2D eigenvalue weighted by Crippen LogP contribution is -1.91. The first-order valence-corrected chi connectivity index (χ1v) is 6.46. The molecule has 0 bridgehead atoms. The van der Waals surface area contributed by atoms with Crippen LogP contribution in [0.4, 0.5) is 10.1 Å². The molecule has 0 aliphatic heterocycles.